The predicted octanol–water partition coefficient (Wildman–Crippen LogP) is 0.663. The summed E-state index contributed by atoms with van der Waals surface area (Å²) >= 11 is 0. The van der Waals surface area contributed by atoms with E-state index in [1.807, 2.05) is 6.92 Å². The summed E-state index contributed by atoms with van der Waals surface area (Å²) < 4.78 is 2.83. The molecule has 0 fully saturated rings. The summed E-state index contributed by atoms with van der Waals surface area (Å²) in [5.41, 5.74) is 0.614. The van der Waals surface area contributed by atoms with Crippen molar-refractivity contribution in [1.82, 2.24) is 14.1 Å². The second kappa shape index (κ2) is 3.44. The molecule has 0 amide bonds. The number of aryl methyl sites for hydroxylation is 2. The molecule has 0 radical (unpaired) electrons. The van der Waals surface area contributed by atoms with Crippen LogP contribution in [0.15, 0.2) is 17.1 Å². The lowest BCUT2D eigenvalue weighted by atomic mass is 10.4. The predicted molar refractivity (Wildman–Crippen MR) is 57.3 cm³/mol. The second-order valence-electron chi connectivity index (χ2n) is 3.38. The molecule has 2 rings (SSSR count). The normalized spacial score (nSPS) is 10.9. The molecule has 0 aliphatic heterocycles. The maximum atomic E-state index is 11.7. The lowest BCUT2D eigenvalue weighted by Gasteiger charge is -1.95. The molecule has 0 unspecified atom stereocenters. The fourth-order valence-corrected chi connectivity index (χ4v) is 1.65. The van der Waals surface area contributed by atoms with Crippen LogP contribution in [0, 0.1) is 10.1 Å². The number of rotatable bonds is 2. The number of imidazole rings is 1. The Hall–Kier alpha value is -2.18. The molecule has 2 heterocycles. The van der Waals surface area contributed by atoms with E-state index in [1.165, 1.54) is 15.2 Å². The Kier molecular flexibility index (Phi) is 2.22. The minimum Gasteiger partial charge on any atom is -0.293 e. The van der Waals surface area contributed by atoms with Gasteiger partial charge in [-0.05, 0) is 6.92 Å². The van der Waals surface area contributed by atoms with E-state index >= 15 is 0 Å². The number of fused-ring (bicyclic) bond motifs is 1. The van der Waals surface area contributed by atoms with E-state index in [0.717, 1.165) is 6.20 Å². The number of aromatic nitrogens is 3. The maximum absolute atomic E-state index is 11.7. The van der Waals surface area contributed by atoms with Gasteiger partial charge in [0.25, 0.3) is 5.69 Å². The Morgan fingerprint density at radius 2 is 2.25 bits per heavy atom. The first-order chi connectivity index (χ1) is 7.56. The highest BCUT2D eigenvalue weighted by Crippen LogP contribution is 2.16. The third-order valence-electron chi connectivity index (χ3n) is 2.49. The summed E-state index contributed by atoms with van der Waals surface area (Å²) in [6.07, 6.45) is 1.16. The molecule has 0 aliphatic rings. The molecule has 7 nitrogen and oxygen atoms in total. The zero-order valence-electron chi connectivity index (χ0n) is 8.88. The third kappa shape index (κ3) is 1.28. The number of hydrogen-bond acceptors (Lipinski definition) is 4. The molecule has 0 aromatic carbocycles. The average molecular weight is 222 g/mol. The minimum absolute atomic E-state index is 0.114. The highest BCUT2D eigenvalue weighted by atomic mass is 16.6. The van der Waals surface area contributed by atoms with Gasteiger partial charge in [-0.25, -0.2) is 9.78 Å². The van der Waals surface area contributed by atoms with Crippen LogP contribution in [0.5, 0.6) is 0 Å². The highest BCUT2D eigenvalue weighted by molar-refractivity contribution is 5.74. The van der Waals surface area contributed by atoms with Crippen LogP contribution in [0.1, 0.15) is 6.92 Å². The van der Waals surface area contributed by atoms with Gasteiger partial charge < -0.3 is 0 Å². The van der Waals surface area contributed by atoms with Crippen LogP contribution in [-0.4, -0.2) is 19.0 Å². The van der Waals surface area contributed by atoms with E-state index in [1.54, 1.807) is 7.05 Å². The summed E-state index contributed by atoms with van der Waals surface area (Å²) in [6.45, 7) is 2.31. The van der Waals surface area contributed by atoms with Gasteiger partial charge in [0.05, 0.1) is 10.4 Å². The molecular formula is C9H10N4O3. The molecule has 0 atom stereocenters. The molecule has 0 saturated heterocycles. The molecule has 0 N–H and O–H groups in total. The third-order valence-corrected chi connectivity index (χ3v) is 2.49. The fourth-order valence-electron chi connectivity index (χ4n) is 1.65. The van der Waals surface area contributed by atoms with Crippen LogP contribution < -0.4 is 5.69 Å². The van der Waals surface area contributed by atoms with E-state index < -0.39 is 4.92 Å². The average Bonchev–Trinajstić information content (AvgIpc) is 2.51. The van der Waals surface area contributed by atoms with Crippen LogP contribution in [0.25, 0.3) is 11.2 Å². The topological polar surface area (TPSA) is 83.0 Å². The van der Waals surface area contributed by atoms with Crippen molar-refractivity contribution in [3.8, 4) is 0 Å². The SMILES string of the molecule is CCn1c(=O)n(C)c2cc([N+](=O)[O-])cnc21. The number of pyridine rings is 1. The van der Waals surface area contributed by atoms with Gasteiger partial charge in [-0.3, -0.25) is 19.2 Å². The Bertz CT molecular complexity index is 625. The number of hydrogen-bond donors (Lipinski definition) is 0. The van der Waals surface area contributed by atoms with Crippen molar-refractivity contribution in [1.29, 1.82) is 0 Å². The van der Waals surface area contributed by atoms with E-state index in [0.29, 0.717) is 17.7 Å². The first-order valence-corrected chi connectivity index (χ1v) is 4.76. The molecule has 0 aliphatic carbocycles. The molecule has 0 saturated carbocycles. The van der Waals surface area contributed by atoms with Crippen molar-refractivity contribution >= 4 is 16.9 Å². The summed E-state index contributed by atoms with van der Waals surface area (Å²) in [7, 11) is 1.57. The van der Waals surface area contributed by atoms with Crippen molar-refractivity contribution in [2.75, 3.05) is 0 Å². The van der Waals surface area contributed by atoms with Crippen LogP contribution in [0.2, 0.25) is 0 Å². The summed E-state index contributed by atoms with van der Waals surface area (Å²) in [4.78, 5) is 25.7. The molecule has 7 heteroatoms. The zero-order valence-corrected chi connectivity index (χ0v) is 8.88. The fraction of sp³-hybridized carbons (Fsp3) is 0.333. The lowest BCUT2D eigenvalue weighted by Crippen LogP contribution is -2.21. The lowest BCUT2D eigenvalue weighted by molar-refractivity contribution is -0.385. The standard InChI is InChI=1S/C9H10N4O3/c1-3-12-8-7(11(2)9(12)14)4-6(5-10-8)13(15)16/h4-5H,3H2,1-2H3. The van der Waals surface area contributed by atoms with Gasteiger partial charge in [0.2, 0.25) is 0 Å². The summed E-state index contributed by atoms with van der Waals surface area (Å²) in [5, 5.41) is 10.6. The first-order valence-electron chi connectivity index (χ1n) is 4.76. The minimum atomic E-state index is -0.528. The molecular weight excluding hydrogens is 212 g/mol. The van der Waals surface area contributed by atoms with Crippen molar-refractivity contribution in [3.63, 3.8) is 0 Å². The first kappa shape index (κ1) is 10.3. The van der Waals surface area contributed by atoms with Gasteiger partial charge >= 0.3 is 5.69 Å². The Morgan fingerprint density at radius 1 is 1.56 bits per heavy atom. The highest BCUT2D eigenvalue weighted by Gasteiger charge is 2.14. The Morgan fingerprint density at radius 3 is 2.81 bits per heavy atom. The molecule has 2 aromatic heterocycles. The van der Waals surface area contributed by atoms with Crippen molar-refractivity contribution in [2.24, 2.45) is 7.05 Å². The summed E-state index contributed by atoms with van der Waals surface area (Å²) in [6, 6.07) is 1.36. The van der Waals surface area contributed by atoms with Crippen LogP contribution in [0.4, 0.5) is 5.69 Å². The maximum Gasteiger partial charge on any atom is 0.330 e. The molecule has 84 valence electrons. The molecule has 0 spiro atoms. The number of nitro groups is 1. The van der Waals surface area contributed by atoms with Crippen LogP contribution in [0.3, 0.4) is 0 Å². The van der Waals surface area contributed by atoms with E-state index in [9.17, 15) is 14.9 Å². The summed E-state index contributed by atoms with van der Waals surface area (Å²) in [5.74, 6) is 0. The zero-order chi connectivity index (χ0) is 11.9. The van der Waals surface area contributed by atoms with E-state index in [4.69, 9.17) is 0 Å². The largest absolute Gasteiger partial charge is 0.330 e. The quantitative estimate of drug-likeness (QED) is 0.552. The van der Waals surface area contributed by atoms with Gasteiger partial charge in [0.1, 0.15) is 6.20 Å². The van der Waals surface area contributed by atoms with Gasteiger partial charge in [0.15, 0.2) is 5.65 Å². The Labute approximate surface area is 90.1 Å². The van der Waals surface area contributed by atoms with Crippen molar-refractivity contribution in [2.45, 2.75) is 13.5 Å². The van der Waals surface area contributed by atoms with Gasteiger partial charge in [-0.1, -0.05) is 0 Å². The smallest absolute Gasteiger partial charge is 0.293 e. The van der Waals surface area contributed by atoms with Gasteiger partial charge in [0, 0.05) is 19.7 Å². The van der Waals surface area contributed by atoms with Crippen molar-refractivity contribution in [3.05, 3.63) is 32.9 Å². The Balaban J connectivity index is 2.85. The molecule has 2 aromatic rings. The van der Waals surface area contributed by atoms with E-state index in [2.05, 4.69) is 4.98 Å². The van der Waals surface area contributed by atoms with Crippen LogP contribution >= 0.6 is 0 Å². The van der Waals surface area contributed by atoms with Gasteiger partial charge in [-0.2, -0.15) is 0 Å². The van der Waals surface area contributed by atoms with E-state index in [-0.39, 0.29) is 11.4 Å². The monoisotopic (exact) mass is 222 g/mol. The van der Waals surface area contributed by atoms with Crippen LogP contribution in [-0.2, 0) is 13.6 Å². The number of nitrogens with zero attached hydrogens (tertiary/aromatic N) is 4. The van der Waals surface area contributed by atoms with Gasteiger partial charge in [-0.15, -0.1) is 0 Å². The van der Waals surface area contributed by atoms with Crippen molar-refractivity contribution < 1.29 is 4.92 Å². The molecule has 16 heavy (non-hydrogen) atoms. The second-order valence-corrected chi connectivity index (χ2v) is 3.38. The molecule has 0 bridgehead atoms.